The molecule has 1 rings (SSSR count). The SMILES string of the molecule is CNc1ncnc(NCCCCCOC)c1C(C)C. The first-order valence-corrected chi connectivity index (χ1v) is 6.96. The molecule has 0 aliphatic carbocycles. The number of anilines is 2. The van der Waals surface area contributed by atoms with Crippen LogP contribution in [0.2, 0.25) is 0 Å². The Balaban J connectivity index is 2.53. The Bertz CT molecular complexity index is 368. The Morgan fingerprint density at radius 1 is 1.16 bits per heavy atom. The van der Waals surface area contributed by atoms with Gasteiger partial charge in [-0.15, -0.1) is 0 Å². The minimum Gasteiger partial charge on any atom is -0.385 e. The van der Waals surface area contributed by atoms with Gasteiger partial charge in [-0.1, -0.05) is 13.8 Å². The molecule has 0 aliphatic rings. The number of hydrogen-bond acceptors (Lipinski definition) is 5. The fourth-order valence-electron chi connectivity index (χ4n) is 2.04. The molecular weight excluding hydrogens is 240 g/mol. The summed E-state index contributed by atoms with van der Waals surface area (Å²) in [4.78, 5) is 8.62. The molecule has 0 radical (unpaired) electrons. The van der Waals surface area contributed by atoms with Gasteiger partial charge in [0, 0.05) is 32.9 Å². The van der Waals surface area contributed by atoms with E-state index in [1.807, 2.05) is 7.05 Å². The van der Waals surface area contributed by atoms with Crippen molar-refractivity contribution in [3.8, 4) is 0 Å². The molecule has 0 saturated carbocycles. The lowest BCUT2D eigenvalue weighted by Gasteiger charge is -2.16. The van der Waals surface area contributed by atoms with Crippen LogP contribution < -0.4 is 10.6 Å². The van der Waals surface area contributed by atoms with Crippen LogP contribution in [0, 0.1) is 0 Å². The molecule has 1 heterocycles. The summed E-state index contributed by atoms with van der Waals surface area (Å²) in [5.41, 5.74) is 1.15. The van der Waals surface area contributed by atoms with Crippen molar-refractivity contribution in [2.24, 2.45) is 0 Å². The maximum atomic E-state index is 5.04. The van der Waals surface area contributed by atoms with E-state index >= 15 is 0 Å². The van der Waals surface area contributed by atoms with Gasteiger partial charge >= 0.3 is 0 Å². The summed E-state index contributed by atoms with van der Waals surface area (Å²) in [5.74, 6) is 2.24. The monoisotopic (exact) mass is 266 g/mol. The van der Waals surface area contributed by atoms with Crippen molar-refractivity contribution in [2.75, 3.05) is 37.9 Å². The number of rotatable bonds is 9. The van der Waals surface area contributed by atoms with Gasteiger partial charge in [-0.3, -0.25) is 0 Å². The van der Waals surface area contributed by atoms with Crippen LogP contribution in [-0.4, -0.2) is 37.3 Å². The summed E-state index contributed by atoms with van der Waals surface area (Å²) in [6.45, 7) is 6.09. The lowest BCUT2D eigenvalue weighted by Crippen LogP contribution is -2.10. The van der Waals surface area contributed by atoms with E-state index in [1.54, 1.807) is 13.4 Å². The molecular formula is C14H26N4O. The largest absolute Gasteiger partial charge is 0.385 e. The molecule has 0 aromatic carbocycles. The van der Waals surface area contributed by atoms with Crippen LogP contribution in [0.1, 0.15) is 44.6 Å². The minimum atomic E-state index is 0.389. The summed E-state index contributed by atoms with van der Waals surface area (Å²) in [7, 11) is 3.63. The highest BCUT2D eigenvalue weighted by Crippen LogP contribution is 2.27. The molecule has 1 aromatic rings. The fraction of sp³-hybridized carbons (Fsp3) is 0.714. The van der Waals surface area contributed by atoms with Gasteiger partial charge in [-0.05, 0) is 25.2 Å². The summed E-state index contributed by atoms with van der Waals surface area (Å²) < 4.78 is 5.04. The maximum absolute atomic E-state index is 5.04. The van der Waals surface area contributed by atoms with Gasteiger partial charge in [0.1, 0.15) is 18.0 Å². The number of ether oxygens (including phenoxy) is 1. The molecule has 0 bridgehead atoms. The van der Waals surface area contributed by atoms with Gasteiger partial charge in [-0.2, -0.15) is 0 Å². The van der Waals surface area contributed by atoms with E-state index in [0.29, 0.717) is 5.92 Å². The van der Waals surface area contributed by atoms with Crippen molar-refractivity contribution in [3.05, 3.63) is 11.9 Å². The summed E-state index contributed by atoms with van der Waals surface area (Å²) in [5, 5.41) is 6.54. The van der Waals surface area contributed by atoms with E-state index in [1.165, 1.54) is 6.42 Å². The molecule has 5 nitrogen and oxygen atoms in total. The molecule has 0 amide bonds. The van der Waals surface area contributed by atoms with Gasteiger partial charge in [-0.25, -0.2) is 9.97 Å². The second-order valence-electron chi connectivity index (χ2n) is 4.87. The highest BCUT2D eigenvalue weighted by Gasteiger charge is 2.13. The van der Waals surface area contributed by atoms with Gasteiger partial charge < -0.3 is 15.4 Å². The Kier molecular flexibility index (Phi) is 7.18. The first-order chi connectivity index (χ1) is 9.20. The Morgan fingerprint density at radius 3 is 2.53 bits per heavy atom. The number of methoxy groups -OCH3 is 1. The molecule has 0 saturated heterocycles. The zero-order valence-corrected chi connectivity index (χ0v) is 12.5. The molecule has 2 N–H and O–H groups in total. The minimum absolute atomic E-state index is 0.389. The fourth-order valence-corrected chi connectivity index (χ4v) is 2.04. The van der Waals surface area contributed by atoms with Crippen molar-refractivity contribution < 1.29 is 4.74 Å². The van der Waals surface area contributed by atoms with Gasteiger partial charge in [0.2, 0.25) is 0 Å². The van der Waals surface area contributed by atoms with Crippen molar-refractivity contribution >= 4 is 11.6 Å². The third-order valence-electron chi connectivity index (χ3n) is 3.02. The van der Waals surface area contributed by atoms with Crippen LogP contribution in [0.25, 0.3) is 0 Å². The highest BCUT2D eigenvalue weighted by atomic mass is 16.5. The second kappa shape index (κ2) is 8.69. The summed E-state index contributed by atoms with van der Waals surface area (Å²) in [6, 6.07) is 0. The average Bonchev–Trinajstić information content (AvgIpc) is 2.42. The molecule has 108 valence electrons. The third-order valence-corrected chi connectivity index (χ3v) is 3.02. The average molecular weight is 266 g/mol. The lowest BCUT2D eigenvalue weighted by molar-refractivity contribution is 0.192. The number of hydrogen-bond donors (Lipinski definition) is 2. The van der Waals surface area contributed by atoms with E-state index in [9.17, 15) is 0 Å². The quantitative estimate of drug-likeness (QED) is 0.673. The maximum Gasteiger partial charge on any atom is 0.134 e. The summed E-state index contributed by atoms with van der Waals surface area (Å²) >= 11 is 0. The topological polar surface area (TPSA) is 59.1 Å². The number of unbranched alkanes of at least 4 members (excludes halogenated alkanes) is 2. The molecule has 0 atom stereocenters. The first kappa shape index (κ1) is 15.7. The Hall–Kier alpha value is -1.36. The molecule has 0 unspecified atom stereocenters. The van der Waals surface area contributed by atoms with Gasteiger partial charge in [0.05, 0.1) is 0 Å². The first-order valence-electron chi connectivity index (χ1n) is 6.96. The van der Waals surface area contributed by atoms with Crippen LogP contribution in [0.3, 0.4) is 0 Å². The van der Waals surface area contributed by atoms with Crippen LogP contribution in [0.5, 0.6) is 0 Å². The third kappa shape index (κ3) is 5.03. The smallest absolute Gasteiger partial charge is 0.134 e. The van der Waals surface area contributed by atoms with E-state index in [4.69, 9.17) is 4.74 Å². The lowest BCUT2D eigenvalue weighted by atomic mass is 10.0. The standard InChI is InChI=1S/C14H26N4O/c1-11(2)12-13(15-3)17-10-18-14(12)16-8-6-5-7-9-19-4/h10-11H,5-9H2,1-4H3,(H2,15,16,17,18). The van der Waals surface area contributed by atoms with Crippen LogP contribution in [-0.2, 0) is 4.74 Å². The van der Waals surface area contributed by atoms with E-state index in [2.05, 4.69) is 34.4 Å². The number of nitrogens with zero attached hydrogens (tertiary/aromatic N) is 2. The molecule has 5 heteroatoms. The highest BCUT2D eigenvalue weighted by molar-refractivity contribution is 5.58. The van der Waals surface area contributed by atoms with Crippen LogP contribution in [0.4, 0.5) is 11.6 Å². The van der Waals surface area contributed by atoms with Crippen molar-refractivity contribution in [1.82, 2.24) is 9.97 Å². The molecule has 0 aliphatic heterocycles. The second-order valence-corrected chi connectivity index (χ2v) is 4.87. The predicted octanol–water partition coefficient (Wildman–Crippen LogP) is 2.87. The van der Waals surface area contributed by atoms with Crippen molar-refractivity contribution in [3.63, 3.8) is 0 Å². The normalized spacial score (nSPS) is 10.8. The number of aromatic nitrogens is 2. The zero-order chi connectivity index (χ0) is 14.1. The van der Waals surface area contributed by atoms with Crippen LogP contribution >= 0.6 is 0 Å². The van der Waals surface area contributed by atoms with Gasteiger partial charge in [0.15, 0.2) is 0 Å². The van der Waals surface area contributed by atoms with E-state index in [0.717, 1.165) is 43.2 Å². The van der Waals surface area contributed by atoms with Crippen molar-refractivity contribution in [1.29, 1.82) is 0 Å². The predicted molar refractivity (Wildman–Crippen MR) is 79.9 cm³/mol. The summed E-state index contributed by atoms with van der Waals surface area (Å²) in [6.07, 6.45) is 5.01. The molecule has 1 aromatic heterocycles. The van der Waals surface area contributed by atoms with E-state index < -0.39 is 0 Å². The molecule has 0 spiro atoms. The molecule has 0 fully saturated rings. The Morgan fingerprint density at radius 2 is 1.89 bits per heavy atom. The number of nitrogens with one attached hydrogen (secondary N) is 2. The van der Waals surface area contributed by atoms with E-state index in [-0.39, 0.29) is 0 Å². The van der Waals surface area contributed by atoms with Gasteiger partial charge in [0.25, 0.3) is 0 Å². The Labute approximate surface area is 116 Å². The zero-order valence-electron chi connectivity index (χ0n) is 12.5. The molecule has 19 heavy (non-hydrogen) atoms. The van der Waals surface area contributed by atoms with Crippen LogP contribution in [0.15, 0.2) is 6.33 Å². The van der Waals surface area contributed by atoms with Crippen molar-refractivity contribution in [2.45, 2.75) is 39.0 Å².